The second-order valence-electron chi connectivity index (χ2n) is 9.25. The molecule has 39 heavy (non-hydrogen) atoms. The fourth-order valence-electron chi connectivity index (χ4n) is 4.82. The Balaban J connectivity index is 1.47. The molecular formula is C26H23N7O6. The Morgan fingerprint density at radius 1 is 1.08 bits per heavy atom. The number of fused-ring (bicyclic) bond motifs is 1. The van der Waals surface area contributed by atoms with Crippen molar-refractivity contribution in [1.82, 2.24) is 19.5 Å². The smallest absolute Gasteiger partial charge is 0.306 e. The molecule has 5 rings (SSSR count). The summed E-state index contributed by atoms with van der Waals surface area (Å²) in [6.45, 7) is 0. The van der Waals surface area contributed by atoms with E-state index in [2.05, 4.69) is 20.3 Å². The molecule has 1 fully saturated rings. The molecule has 1 amide bonds. The topological polar surface area (TPSA) is 196 Å². The van der Waals surface area contributed by atoms with Gasteiger partial charge in [-0.25, -0.2) is 15.0 Å². The van der Waals surface area contributed by atoms with E-state index in [4.69, 9.17) is 5.73 Å². The molecule has 0 saturated heterocycles. The van der Waals surface area contributed by atoms with Gasteiger partial charge in [-0.2, -0.15) is 0 Å². The quantitative estimate of drug-likeness (QED) is 0.246. The Hall–Kier alpha value is -5.20. The zero-order valence-electron chi connectivity index (χ0n) is 20.5. The minimum atomic E-state index is -0.842. The molecule has 4 N–H and O–H groups in total. The number of rotatable bonds is 6. The van der Waals surface area contributed by atoms with Gasteiger partial charge in [0.1, 0.15) is 17.5 Å². The number of nitrogen functional groups attached to an aromatic ring is 1. The van der Waals surface area contributed by atoms with Crippen LogP contribution in [0.3, 0.4) is 0 Å². The van der Waals surface area contributed by atoms with Gasteiger partial charge in [-0.05, 0) is 43.9 Å². The van der Waals surface area contributed by atoms with Gasteiger partial charge in [0, 0.05) is 35.0 Å². The van der Waals surface area contributed by atoms with E-state index in [1.165, 1.54) is 35.2 Å². The molecular weight excluding hydrogens is 506 g/mol. The third kappa shape index (κ3) is 5.01. The fourth-order valence-corrected chi connectivity index (χ4v) is 4.82. The van der Waals surface area contributed by atoms with Crippen molar-refractivity contribution < 1.29 is 19.6 Å². The molecule has 1 aliphatic carbocycles. The summed E-state index contributed by atoms with van der Waals surface area (Å²) in [7, 11) is 0. The molecule has 0 atom stereocenters. The number of carboxylic acids is 1. The Bertz CT molecular complexity index is 1660. The number of benzene rings is 2. The lowest BCUT2D eigenvalue weighted by molar-refractivity contribution is -0.384. The lowest BCUT2D eigenvalue weighted by Gasteiger charge is -2.28. The molecule has 1 aliphatic rings. The van der Waals surface area contributed by atoms with E-state index in [-0.39, 0.29) is 40.0 Å². The summed E-state index contributed by atoms with van der Waals surface area (Å²) in [4.78, 5) is 60.9. The van der Waals surface area contributed by atoms with Gasteiger partial charge < -0.3 is 16.2 Å². The van der Waals surface area contributed by atoms with Crippen LogP contribution in [0.2, 0.25) is 0 Å². The minimum absolute atomic E-state index is 0.107. The molecule has 0 radical (unpaired) electrons. The molecule has 0 spiro atoms. The molecule has 2 aromatic carbocycles. The number of hydrogen-bond acceptors (Lipinski definition) is 9. The van der Waals surface area contributed by atoms with Gasteiger partial charge in [0.15, 0.2) is 11.5 Å². The van der Waals surface area contributed by atoms with Crippen molar-refractivity contribution in [2.45, 2.75) is 31.7 Å². The summed E-state index contributed by atoms with van der Waals surface area (Å²) in [6.07, 6.45) is 3.11. The number of aliphatic carboxylic acids is 1. The highest BCUT2D eigenvalue weighted by atomic mass is 16.6. The standard InChI is InChI=1S/C26H23N7O6/c27-22-21-23(29-13-28-22)32(18-10-6-15(7-11-18)26(36)37)25(35)20(31-21)14-4-8-17(9-5-14)30-24(34)16-2-1-3-19(12-16)33(38)39/h1-5,8-9,12-13,15,18H,6-7,10-11H2,(H,30,34)(H,36,37)(H2,27,28,29). The number of nitro groups is 1. The summed E-state index contributed by atoms with van der Waals surface area (Å²) in [5.41, 5.74) is 7.15. The van der Waals surface area contributed by atoms with Crippen LogP contribution in [-0.4, -0.2) is 41.4 Å². The van der Waals surface area contributed by atoms with E-state index in [0.29, 0.717) is 36.9 Å². The highest BCUT2D eigenvalue weighted by molar-refractivity contribution is 6.04. The molecule has 2 heterocycles. The van der Waals surface area contributed by atoms with Crippen LogP contribution in [0.4, 0.5) is 17.2 Å². The number of nitrogens with two attached hydrogens (primary N) is 1. The highest BCUT2D eigenvalue weighted by Gasteiger charge is 2.29. The van der Waals surface area contributed by atoms with E-state index in [1.807, 2.05) is 0 Å². The van der Waals surface area contributed by atoms with Crippen molar-refractivity contribution in [3.05, 3.63) is 80.9 Å². The molecule has 0 bridgehead atoms. The number of aromatic nitrogens is 4. The zero-order chi connectivity index (χ0) is 27.7. The fraction of sp³-hybridized carbons (Fsp3) is 0.231. The van der Waals surface area contributed by atoms with Crippen molar-refractivity contribution >= 4 is 40.2 Å². The molecule has 13 nitrogen and oxygen atoms in total. The number of non-ortho nitro benzene ring substituents is 1. The SMILES string of the molecule is Nc1ncnc2c1nc(-c1ccc(NC(=O)c3cccc([N+](=O)[O-])c3)cc1)c(=O)n2C1CCC(C(=O)O)CC1. The number of nitrogens with one attached hydrogen (secondary N) is 1. The average Bonchev–Trinajstić information content (AvgIpc) is 2.93. The zero-order valence-corrected chi connectivity index (χ0v) is 20.5. The van der Waals surface area contributed by atoms with Gasteiger partial charge in [-0.1, -0.05) is 18.2 Å². The van der Waals surface area contributed by atoms with Gasteiger partial charge >= 0.3 is 5.97 Å². The molecule has 13 heteroatoms. The van der Waals surface area contributed by atoms with Crippen LogP contribution in [0, 0.1) is 16.0 Å². The molecule has 2 aromatic heterocycles. The molecule has 1 saturated carbocycles. The summed E-state index contributed by atoms with van der Waals surface area (Å²) in [5.74, 6) is -1.71. The number of carboxylic acid groups (broad SMARTS) is 1. The second-order valence-corrected chi connectivity index (χ2v) is 9.25. The van der Waals surface area contributed by atoms with E-state index in [0.717, 1.165) is 0 Å². The predicted molar refractivity (Wildman–Crippen MR) is 141 cm³/mol. The maximum Gasteiger partial charge on any atom is 0.306 e. The predicted octanol–water partition coefficient (Wildman–Crippen LogP) is 3.41. The lowest BCUT2D eigenvalue weighted by Crippen LogP contribution is -2.32. The van der Waals surface area contributed by atoms with Gasteiger partial charge in [-0.3, -0.25) is 29.1 Å². The van der Waals surface area contributed by atoms with Crippen molar-refractivity contribution in [3.63, 3.8) is 0 Å². The van der Waals surface area contributed by atoms with Crippen LogP contribution >= 0.6 is 0 Å². The molecule has 0 unspecified atom stereocenters. The van der Waals surface area contributed by atoms with Crippen molar-refractivity contribution in [1.29, 1.82) is 0 Å². The Morgan fingerprint density at radius 3 is 2.46 bits per heavy atom. The lowest BCUT2D eigenvalue weighted by atomic mass is 9.86. The minimum Gasteiger partial charge on any atom is -0.481 e. The van der Waals surface area contributed by atoms with E-state index < -0.39 is 28.3 Å². The number of hydrogen-bond donors (Lipinski definition) is 3. The second kappa shape index (κ2) is 10.3. The van der Waals surface area contributed by atoms with E-state index >= 15 is 0 Å². The number of carbonyl (C=O) groups excluding carboxylic acids is 1. The number of nitro benzene ring substituents is 1. The summed E-state index contributed by atoms with van der Waals surface area (Å²) in [5, 5.41) is 23.0. The summed E-state index contributed by atoms with van der Waals surface area (Å²) < 4.78 is 1.53. The molecule has 198 valence electrons. The number of amides is 1. The monoisotopic (exact) mass is 529 g/mol. The normalized spacial score (nSPS) is 17.0. The van der Waals surface area contributed by atoms with Gasteiger partial charge in [0.25, 0.3) is 17.2 Å². The first-order valence-corrected chi connectivity index (χ1v) is 12.1. The Kier molecular flexibility index (Phi) is 6.71. The summed E-state index contributed by atoms with van der Waals surface area (Å²) in [6, 6.07) is 11.5. The Morgan fingerprint density at radius 2 is 1.79 bits per heavy atom. The number of carbonyl (C=O) groups is 2. The maximum absolute atomic E-state index is 13.7. The van der Waals surface area contributed by atoms with Crippen LogP contribution < -0.4 is 16.6 Å². The van der Waals surface area contributed by atoms with E-state index in [9.17, 15) is 29.6 Å². The molecule has 4 aromatic rings. The first kappa shape index (κ1) is 25.4. The maximum atomic E-state index is 13.7. The average molecular weight is 530 g/mol. The van der Waals surface area contributed by atoms with Gasteiger partial charge in [0.05, 0.1) is 10.8 Å². The van der Waals surface area contributed by atoms with Crippen LogP contribution in [0.25, 0.3) is 22.4 Å². The van der Waals surface area contributed by atoms with Crippen LogP contribution in [-0.2, 0) is 4.79 Å². The molecule has 0 aliphatic heterocycles. The summed E-state index contributed by atoms with van der Waals surface area (Å²) >= 11 is 0. The highest BCUT2D eigenvalue weighted by Crippen LogP contribution is 2.34. The van der Waals surface area contributed by atoms with Crippen molar-refractivity contribution in [3.8, 4) is 11.3 Å². The van der Waals surface area contributed by atoms with E-state index in [1.54, 1.807) is 24.3 Å². The van der Waals surface area contributed by atoms with Crippen LogP contribution in [0.1, 0.15) is 42.1 Å². The van der Waals surface area contributed by atoms with Crippen LogP contribution in [0.15, 0.2) is 59.7 Å². The van der Waals surface area contributed by atoms with Crippen molar-refractivity contribution in [2.75, 3.05) is 11.1 Å². The van der Waals surface area contributed by atoms with Crippen LogP contribution in [0.5, 0.6) is 0 Å². The number of anilines is 2. The Labute approximate surface area is 220 Å². The number of nitrogens with zero attached hydrogens (tertiary/aromatic N) is 5. The van der Waals surface area contributed by atoms with Gasteiger partial charge in [0.2, 0.25) is 0 Å². The first-order valence-electron chi connectivity index (χ1n) is 12.1. The van der Waals surface area contributed by atoms with Crippen molar-refractivity contribution in [2.24, 2.45) is 5.92 Å². The van der Waals surface area contributed by atoms with Gasteiger partial charge in [-0.15, -0.1) is 0 Å². The largest absolute Gasteiger partial charge is 0.481 e. The first-order chi connectivity index (χ1) is 18.7. The third-order valence-electron chi connectivity index (χ3n) is 6.85. The third-order valence-corrected chi connectivity index (χ3v) is 6.85.